The fourth-order valence-electron chi connectivity index (χ4n) is 2.14. The number of rotatable bonds is 6. The van der Waals surface area contributed by atoms with Crippen molar-refractivity contribution in [3.63, 3.8) is 0 Å². The first-order valence-electron chi connectivity index (χ1n) is 8.02. The Morgan fingerprint density at radius 3 is 2.62 bits per heavy atom. The van der Waals surface area contributed by atoms with Crippen molar-refractivity contribution < 1.29 is 9.53 Å². The molecule has 0 saturated heterocycles. The molecular formula is C19H22N2O2S. The van der Waals surface area contributed by atoms with Crippen LogP contribution < -0.4 is 4.74 Å². The topological polar surface area (TPSA) is 63.0 Å². The van der Waals surface area contributed by atoms with Crippen molar-refractivity contribution in [3.05, 3.63) is 34.3 Å². The summed E-state index contributed by atoms with van der Waals surface area (Å²) in [7, 11) is 0. The number of aryl methyl sites for hydroxylation is 1. The highest BCUT2D eigenvalue weighted by molar-refractivity contribution is 7.17. The van der Waals surface area contributed by atoms with Crippen LogP contribution in [0.3, 0.4) is 0 Å². The van der Waals surface area contributed by atoms with Crippen molar-refractivity contribution in [3.8, 4) is 22.4 Å². The molecule has 0 atom stereocenters. The average Bonchev–Trinajstić information content (AvgIpc) is 2.93. The SMILES string of the molecule is Cc1nc(-c2ccc(OCC(C)C)c(C#N)c2)sc1C(=O)C(C)C. The lowest BCUT2D eigenvalue weighted by atomic mass is 10.1. The number of hydrogen-bond donors (Lipinski definition) is 0. The first-order valence-corrected chi connectivity index (χ1v) is 8.84. The Morgan fingerprint density at radius 2 is 2.04 bits per heavy atom. The van der Waals surface area contributed by atoms with Gasteiger partial charge in [-0.05, 0) is 31.0 Å². The van der Waals surface area contributed by atoms with Gasteiger partial charge in [0.05, 0.1) is 22.7 Å². The Kier molecular flexibility index (Phi) is 5.74. The highest BCUT2D eigenvalue weighted by Gasteiger charge is 2.19. The van der Waals surface area contributed by atoms with Gasteiger partial charge < -0.3 is 4.74 Å². The molecule has 2 rings (SSSR count). The number of carbonyl (C=O) groups excluding carboxylic acids is 1. The Hall–Kier alpha value is -2.19. The molecule has 24 heavy (non-hydrogen) atoms. The van der Waals surface area contributed by atoms with Gasteiger partial charge in [-0.2, -0.15) is 5.26 Å². The first-order chi connectivity index (χ1) is 11.3. The zero-order chi connectivity index (χ0) is 17.9. The van der Waals surface area contributed by atoms with Crippen molar-refractivity contribution in [2.45, 2.75) is 34.6 Å². The third-order valence-corrected chi connectivity index (χ3v) is 4.68. The number of carbonyl (C=O) groups is 1. The van der Waals surface area contributed by atoms with Gasteiger partial charge in [0.25, 0.3) is 0 Å². The molecule has 2 aromatic rings. The van der Waals surface area contributed by atoms with E-state index in [1.807, 2.05) is 26.8 Å². The third kappa shape index (κ3) is 4.01. The fourth-order valence-corrected chi connectivity index (χ4v) is 3.29. The zero-order valence-corrected chi connectivity index (χ0v) is 15.5. The second-order valence-corrected chi connectivity index (χ2v) is 7.48. The highest BCUT2D eigenvalue weighted by Crippen LogP contribution is 2.32. The van der Waals surface area contributed by atoms with Gasteiger partial charge in [-0.15, -0.1) is 11.3 Å². The van der Waals surface area contributed by atoms with Crippen LogP contribution in [0, 0.1) is 30.1 Å². The molecule has 0 fully saturated rings. The van der Waals surface area contributed by atoms with Crippen LogP contribution in [0.1, 0.15) is 48.6 Å². The summed E-state index contributed by atoms with van der Waals surface area (Å²) in [6.45, 7) is 10.3. The number of thiazole rings is 1. The van der Waals surface area contributed by atoms with E-state index in [1.165, 1.54) is 11.3 Å². The molecular weight excluding hydrogens is 320 g/mol. The lowest BCUT2D eigenvalue weighted by Crippen LogP contribution is -2.06. The molecule has 0 aliphatic carbocycles. The Bertz CT molecular complexity index is 785. The van der Waals surface area contributed by atoms with Crippen LogP contribution in [0.15, 0.2) is 18.2 Å². The van der Waals surface area contributed by atoms with Crippen molar-refractivity contribution in [2.24, 2.45) is 11.8 Å². The summed E-state index contributed by atoms with van der Waals surface area (Å²) in [5.74, 6) is 1.02. The normalized spacial score (nSPS) is 10.9. The highest BCUT2D eigenvalue weighted by atomic mass is 32.1. The lowest BCUT2D eigenvalue weighted by molar-refractivity contribution is 0.0942. The minimum atomic E-state index is -0.0570. The number of ketones is 1. The zero-order valence-electron chi connectivity index (χ0n) is 14.7. The largest absolute Gasteiger partial charge is 0.492 e. The Labute approximate surface area is 147 Å². The maximum absolute atomic E-state index is 12.2. The molecule has 0 aliphatic heterocycles. The minimum Gasteiger partial charge on any atom is -0.492 e. The molecule has 126 valence electrons. The number of benzene rings is 1. The van der Waals surface area contributed by atoms with Crippen LogP contribution in [0.4, 0.5) is 0 Å². The van der Waals surface area contributed by atoms with Crippen LogP contribution in [-0.2, 0) is 0 Å². The van der Waals surface area contributed by atoms with Gasteiger partial charge in [0.2, 0.25) is 0 Å². The van der Waals surface area contributed by atoms with Crippen LogP contribution >= 0.6 is 11.3 Å². The molecule has 0 aliphatic rings. The molecule has 0 bridgehead atoms. The number of Topliss-reactive ketones (excluding diaryl/α,β-unsaturated/α-hetero) is 1. The van der Waals surface area contributed by atoms with Crippen molar-refractivity contribution in [1.29, 1.82) is 5.26 Å². The number of aromatic nitrogens is 1. The van der Waals surface area contributed by atoms with Crippen LogP contribution in [-0.4, -0.2) is 17.4 Å². The average molecular weight is 342 g/mol. The third-order valence-electron chi connectivity index (χ3n) is 3.46. The Balaban J connectivity index is 2.35. The number of ether oxygens (including phenoxy) is 1. The lowest BCUT2D eigenvalue weighted by Gasteiger charge is -2.10. The van der Waals surface area contributed by atoms with E-state index < -0.39 is 0 Å². The minimum absolute atomic E-state index is 0.0570. The van der Waals surface area contributed by atoms with Crippen molar-refractivity contribution >= 4 is 17.1 Å². The summed E-state index contributed by atoms with van der Waals surface area (Å²) in [5.41, 5.74) is 2.06. The molecule has 1 aromatic carbocycles. The maximum Gasteiger partial charge on any atom is 0.177 e. The van der Waals surface area contributed by atoms with E-state index in [2.05, 4.69) is 24.9 Å². The molecule has 0 amide bonds. The molecule has 0 N–H and O–H groups in total. The number of hydrogen-bond acceptors (Lipinski definition) is 5. The Morgan fingerprint density at radius 1 is 1.33 bits per heavy atom. The molecule has 1 aromatic heterocycles. The second-order valence-electron chi connectivity index (χ2n) is 6.48. The van der Waals surface area contributed by atoms with Gasteiger partial charge in [0.15, 0.2) is 5.78 Å². The molecule has 4 nitrogen and oxygen atoms in total. The monoisotopic (exact) mass is 342 g/mol. The van der Waals surface area contributed by atoms with E-state index >= 15 is 0 Å². The van der Waals surface area contributed by atoms with Crippen LogP contribution in [0.2, 0.25) is 0 Å². The summed E-state index contributed by atoms with van der Waals surface area (Å²) in [6, 6.07) is 7.64. The van der Waals surface area contributed by atoms with Crippen molar-refractivity contribution in [2.75, 3.05) is 6.61 Å². The summed E-state index contributed by atoms with van der Waals surface area (Å²) in [6.07, 6.45) is 0. The van der Waals surface area contributed by atoms with Crippen molar-refractivity contribution in [1.82, 2.24) is 4.98 Å². The van der Waals surface area contributed by atoms with E-state index in [1.54, 1.807) is 12.1 Å². The molecule has 1 heterocycles. The van der Waals surface area contributed by atoms with Gasteiger partial charge >= 0.3 is 0 Å². The number of nitrogens with zero attached hydrogens (tertiary/aromatic N) is 2. The summed E-state index contributed by atoms with van der Waals surface area (Å²) in [5, 5.41) is 10.1. The standard InChI is InChI=1S/C19H22N2O2S/c1-11(2)10-23-16-7-6-14(8-15(16)9-20)19-21-13(5)18(24-19)17(22)12(3)4/h6-8,11-12H,10H2,1-5H3. The quantitative estimate of drug-likeness (QED) is 0.703. The van der Waals surface area contributed by atoms with Gasteiger partial charge in [0, 0.05) is 11.5 Å². The molecule has 0 saturated carbocycles. The smallest absolute Gasteiger partial charge is 0.177 e. The van der Waals surface area contributed by atoms with Crippen LogP contribution in [0.5, 0.6) is 5.75 Å². The van der Waals surface area contributed by atoms with E-state index in [9.17, 15) is 10.1 Å². The fraction of sp³-hybridized carbons (Fsp3) is 0.421. The van der Waals surface area contributed by atoms with Gasteiger partial charge in [-0.3, -0.25) is 4.79 Å². The summed E-state index contributed by atoms with van der Waals surface area (Å²) >= 11 is 1.38. The molecule has 0 radical (unpaired) electrons. The first kappa shape index (κ1) is 18.2. The van der Waals surface area contributed by atoms with E-state index in [0.717, 1.165) is 16.3 Å². The summed E-state index contributed by atoms with van der Waals surface area (Å²) in [4.78, 5) is 17.4. The number of nitriles is 1. The van der Waals surface area contributed by atoms with E-state index in [-0.39, 0.29) is 11.7 Å². The van der Waals surface area contributed by atoms with Crippen LogP contribution in [0.25, 0.3) is 10.6 Å². The molecule has 0 unspecified atom stereocenters. The van der Waals surface area contributed by atoms with Gasteiger partial charge in [0.1, 0.15) is 16.8 Å². The van der Waals surface area contributed by atoms with E-state index in [0.29, 0.717) is 28.7 Å². The molecule has 5 heteroatoms. The van der Waals surface area contributed by atoms with Gasteiger partial charge in [-0.25, -0.2) is 4.98 Å². The predicted octanol–water partition coefficient (Wildman–Crippen LogP) is 4.86. The maximum atomic E-state index is 12.2. The second kappa shape index (κ2) is 7.59. The predicted molar refractivity (Wildman–Crippen MR) is 96.5 cm³/mol. The van der Waals surface area contributed by atoms with E-state index in [4.69, 9.17) is 4.74 Å². The molecule has 0 spiro atoms. The van der Waals surface area contributed by atoms with Gasteiger partial charge in [-0.1, -0.05) is 27.7 Å². The summed E-state index contributed by atoms with van der Waals surface area (Å²) < 4.78 is 5.69.